The lowest BCUT2D eigenvalue weighted by Crippen LogP contribution is -2.58. The van der Waals surface area contributed by atoms with Crippen LogP contribution in [0, 0.1) is 0 Å². The molecule has 0 saturated heterocycles. The summed E-state index contributed by atoms with van der Waals surface area (Å²) in [6.45, 7) is 0. The van der Waals surface area contributed by atoms with E-state index >= 15 is 0 Å². The van der Waals surface area contributed by atoms with E-state index in [0.717, 1.165) is 0 Å². The Kier molecular flexibility index (Phi) is 11.8. The number of carboxylic acid groups (broad SMARTS) is 2. The number of aliphatic carboxylic acids is 2. The van der Waals surface area contributed by atoms with Crippen molar-refractivity contribution < 1.29 is 44.4 Å². The topological polar surface area (TPSA) is 257 Å². The van der Waals surface area contributed by atoms with Crippen LogP contribution >= 0.6 is 0 Å². The maximum absolute atomic E-state index is 13.6. The number of hydrogen-bond donors (Lipinski definition) is 9. The number of nitrogens with zero attached hydrogens (tertiary/aromatic N) is 1. The number of phenolic OH excluding ortho intramolecular Hbond substituents is 2. The molecule has 4 atom stereocenters. The average molecular weight is 611 g/mol. The molecule has 0 saturated carbocycles. The molecule has 3 aromatic rings. The fraction of sp³-hybridized carbons (Fsp3) is 0.310. The van der Waals surface area contributed by atoms with Crippen molar-refractivity contribution in [3.05, 3.63) is 77.9 Å². The van der Waals surface area contributed by atoms with Gasteiger partial charge >= 0.3 is 11.9 Å². The van der Waals surface area contributed by atoms with Crippen molar-refractivity contribution >= 4 is 29.7 Å². The average Bonchev–Trinajstić information content (AvgIpc) is 3.50. The number of carboxylic acids is 2. The van der Waals surface area contributed by atoms with Gasteiger partial charge in [-0.05, 0) is 41.8 Å². The first kappa shape index (κ1) is 33.1. The Bertz CT molecular complexity index is 1430. The minimum absolute atomic E-state index is 0.0104. The molecule has 234 valence electrons. The normalized spacial score (nSPS) is 13.6. The molecule has 15 heteroatoms. The van der Waals surface area contributed by atoms with Crippen molar-refractivity contribution in [1.29, 1.82) is 0 Å². The Morgan fingerprint density at radius 2 is 1.20 bits per heavy atom. The molecule has 3 amide bonds. The first-order valence-corrected chi connectivity index (χ1v) is 13.6. The largest absolute Gasteiger partial charge is 0.508 e. The van der Waals surface area contributed by atoms with Gasteiger partial charge in [0.25, 0.3) is 0 Å². The zero-order valence-electron chi connectivity index (χ0n) is 23.5. The van der Waals surface area contributed by atoms with E-state index in [1.165, 1.54) is 61.1 Å². The van der Waals surface area contributed by atoms with Crippen molar-refractivity contribution in [1.82, 2.24) is 25.9 Å². The third kappa shape index (κ3) is 10.4. The van der Waals surface area contributed by atoms with Gasteiger partial charge in [-0.1, -0.05) is 24.3 Å². The number of nitrogens with one attached hydrogen (secondary N) is 4. The SMILES string of the molecule is NC(CCC(=O)O)C(=O)NC(Cc1ccc(O)cc1)C(=O)NC(Cc1cnc[nH]1)C(=O)NC(Cc1ccc(O)cc1)C(=O)O. The van der Waals surface area contributed by atoms with E-state index in [1.807, 2.05) is 0 Å². The predicted octanol–water partition coefficient (Wildman–Crippen LogP) is -0.420. The van der Waals surface area contributed by atoms with E-state index in [4.69, 9.17) is 10.8 Å². The number of carbonyl (C=O) groups excluding carboxylic acids is 3. The van der Waals surface area contributed by atoms with Crippen molar-refractivity contribution in [2.45, 2.75) is 56.3 Å². The second-order valence-electron chi connectivity index (χ2n) is 10.1. The van der Waals surface area contributed by atoms with Gasteiger partial charge in [0.15, 0.2) is 0 Å². The van der Waals surface area contributed by atoms with Crippen LogP contribution in [0.5, 0.6) is 11.5 Å². The highest BCUT2D eigenvalue weighted by Gasteiger charge is 2.31. The summed E-state index contributed by atoms with van der Waals surface area (Å²) >= 11 is 0. The van der Waals surface area contributed by atoms with Gasteiger partial charge in [0.2, 0.25) is 17.7 Å². The molecule has 0 aliphatic rings. The van der Waals surface area contributed by atoms with E-state index < -0.39 is 53.8 Å². The second-order valence-corrected chi connectivity index (χ2v) is 10.1. The van der Waals surface area contributed by atoms with Gasteiger partial charge in [-0.15, -0.1) is 0 Å². The van der Waals surface area contributed by atoms with Crippen LogP contribution in [0.2, 0.25) is 0 Å². The number of carbonyl (C=O) groups is 5. The zero-order valence-corrected chi connectivity index (χ0v) is 23.5. The number of benzene rings is 2. The number of amides is 3. The van der Waals surface area contributed by atoms with E-state index in [0.29, 0.717) is 16.8 Å². The number of imidazole rings is 1. The van der Waals surface area contributed by atoms with Crippen LogP contribution in [0.4, 0.5) is 0 Å². The number of nitrogens with two attached hydrogens (primary N) is 1. The third-order valence-electron chi connectivity index (χ3n) is 6.62. The maximum atomic E-state index is 13.6. The highest BCUT2D eigenvalue weighted by atomic mass is 16.4. The first-order chi connectivity index (χ1) is 20.9. The molecule has 0 bridgehead atoms. The Hall–Kier alpha value is -5.44. The first-order valence-electron chi connectivity index (χ1n) is 13.6. The van der Waals surface area contributed by atoms with Gasteiger partial charge in [0.1, 0.15) is 29.6 Å². The quantitative estimate of drug-likeness (QED) is 0.101. The number of aromatic nitrogens is 2. The summed E-state index contributed by atoms with van der Waals surface area (Å²) in [4.78, 5) is 69.4. The monoisotopic (exact) mass is 610 g/mol. The molecule has 0 aliphatic carbocycles. The molecule has 0 spiro atoms. The molecule has 4 unspecified atom stereocenters. The van der Waals surface area contributed by atoms with Crippen molar-refractivity contribution in [2.75, 3.05) is 0 Å². The summed E-state index contributed by atoms with van der Waals surface area (Å²) in [6.07, 6.45) is 1.93. The minimum atomic E-state index is -1.38. The summed E-state index contributed by atoms with van der Waals surface area (Å²) < 4.78 is 0. The fourth-order valence-electron chi connectivity index (χ4n) is 4.20. The molecule has 44 heavy (non-hydrogen) atoms. The summed E-state index contributed by atoms with van der Waals surface area (Å²) in [5.74, 6) is -4.93. The van der Waals surface area contributed by atoms with Gasteiger partial charge < -0.3 is 47.1 Å². The summed E-state index contributed by atoms with van der Waals surface area (Å²) in [7, 11) is 0. The van der Waals surface area contributed by atoms with E-state index in [2.05, 4.69) is 25.9 Å². The minimum Gasteiger partial charge on any atom is -0.508 e. The second kappa shape index (κ2) is 15.7. The molecule has 1 heterocycles. The molecule has 2 aromatic carbocycles. The standard InChI is InChI=1S/C29H34N6O9/c30-21(9-10-25(38)39)26(40)33-22(11-16-1-5-19(36)6-2-16)27(41)34-23(13-18-14-31-15-32-18)28(42)35-24(29(43)44)12-17-3-7-20(37)8-4-17/h1-8,14-15,21-24,36-37H,9-13,30H2,(H,31,32)(H,33,40)(H,34,41)(H,35,42)(H,38,39)(H,43,44). The molecule has 10 N–H and O–H groups in total. The van der Waals surface area contributed by atoms with E-state index in [-0.39, 0.29) is 43.6 Å². The summed E-state index contributed by atoms with van der Waals surface area (Å²) in [5, 5.41) is 45.3. The van der Waals surface area contributed by atoms with E-state index in [9.17, 15) is 39.3 Å². The summed E-state index contributed by atoms with van der Waals surface area (Å²) in [5.41, 5.74) is 7.35. The zero-order chi connectivity index (χ0) is 32.2. The molecule has 1 aromatic heterocycles. The Labute approximate surface area is 251 Å². The third-order valence-corrected chi connectivity index (χ3v) is 6.62. The number of aromatic amines is 1. The number of rotatable bonds is 16. The van der Waals surface area contributed by atoms with Gasteiger partial charge in [0.05, 0.1) is 12.4 Å². The smallest absolute Gasteiger partial charge is 0.326 e. The van der Waals surface area contributed by atoms with Crippen LogP contribution in [0.3, 0.4) is 0 Å². The number of H-pyrrole nitrogens is 1. The van der Waals surface area contributed by atoms with Gasteiger partial charge in [0, 0.05) is 37.6 Å². The predicted molar refractivity (Wildman–Crippen MR) is 154 cm³/mol. The molecule has 0 aliphatic heterocycles. The molecule has 3 rings (SSSR count). The lowest BCUT2D eigenvalue weighted by atomic mass is 10.0. The fourth-order valence-corrected chi connectivity index (χ4v) is 4.20. The van der Waals surface area contributed by atoms with Crippen molar-refractivity contribution in [3.8, 4) is 11.5 Å². The van der Waals surface area contributed by atoms with Gasteiger partial charge in [-0.25, -0.2) is 9.78 Å². The highest BCUT2D eigenvalue weighted by molar-refractivity contribution is 5.94. The number of hydrogen-bond acceptors (Lipinski definition) is 9. The van der Waals surface area contributed by atoms with Gasteiger partial charge in [-0.2, -0.15) is 0 Å². The summed E-state index contributed by atoms with van der Waals surface area (Å²) in [6, 6.07) is 6.41. The molecular weight excluding hydrogens is 576 g/mol. The lowest BCUT2D eigenvalue weighted by Gasteiger charge is -2.25. The van der Waals surface area contributed by atoms with Gasteiger partial charge in [-0.3, -0.25) is 19.2 Å². The van der Waals surface area contributed by atoms with Crippen LogP contribution < -0.4 is 21.7 Å². The molecule has 0 fully saturated rings. The highest BCUT2D eigenvalue weighted by Crippen LogP contribution is 2.14. The number of phenols is 2. The van der Waals surface area contributed by atoms with Crippen molar-refractivity contribution in [2.24, 2.45) is 5.73 Å². The van der Waals surface area contributed by atoms with Crippen LogP contribution in [0.15, 0.2) is 61.1 Å². The Morgan fingerprint density at radius 3 is 1.68 bits per heavy atom. The van der Waals surface area contributed by atoms with Crippen LogP contribution in [0.1, 0.15) is 29.7 Å². The molecule has 0 radical (unpaired) electrons. The maximum Gasteiger partial charge on any atom is 0.326 e. The van der Waals surface area contributed by atoms with E-state index in [1.54, 1.807) is 0 Å². The lowest BCUT2D eigenvalue weighted by molar-refractivity contribution is -0.142. The van der Waals surface area contributed by atoms with Crippen molar-refractivity contribution in [3.63, 3.8) is 0 Å². The van der Waals surface area contributed by atoms with Crippen LogP contribution in [-0.2, 0) is 43.2 Å². The number of aromatic hydroxyl groups is 2. The van der Waals surface area contributed by atoms with Crippen LogP contribution in [-0.4, -0.2) is 84.2 Å². The molecule has 15 nitrogen and oxygen atoms in total. The Balaban J connectivity index is 1.82. The molecular formula is C29H34N6O9. The Morgan fingerprint density at radius 1 is 0.727 bits per heavy atom. The van der Waals surface area contributed by atoms with Crippen LogP contribution in [0.25, 0.3) is 0 Å².